The first-order chi connectivity index (χ1) is 9.41. The van der Waals surface area contributed by atoms with E-state index in [9.17, 15) is 20.0 Å². The van der Waals surface area contributed by atoms with Crippen LogP contribution in [0.25, 0.3) is 0 Å². The second-order valence-electron chi connectivity index (χ2n) is 4.97. The molecule has 2 heterocycles. The van der Waals surface area contributed by atoms with E-state index >= 15 is 0 Å². The van der Waals surface area contributed by atoms with E-state index in [-0.39, 0.29) is 17.9 Å². The number of nitro groups is 1. The predicted octanol–water partition coefficient (Wildman–Crippen LogP) is 0.205. The largest absolute Gasteiger partial charge is 0.388 e. The van der Waals surface area contributed by atoms with Gasteiger partial charge in [-0.15, -0.1) is 0 Å². The van der Waals surface area contributed by atoms with Gasteiger partial charge in [-0.2, -0.15) is 0 Å². The minimum absolute atomic E-state index is 0.105. The van der Waals surface area contributed by atoms with Crippen LogP contribution in [0, 0.1) is 10.1 Å². The highest BCUT2D eigenvalue weighted by molar-refractivity contribution is 5.93. The van der Waals surface area contributed by atoms with Crippen LogP contribution < -0.4 is 5.32 Å². The van der Waals surface area contributed by atoms with Crippen molar-refractivity contribution in [2.75, 3.05) is 19.8 Å². The fourth-order valence-corrected chi connectivity index (χ4v) is 2.14. The van der Waals surface area contributed by atoms with Crippen LogP contribution in [0.5, 0.6) is 0 Å². The molecule has 0 spiro atoms. The van der Waals surface area contributed by atoms with Crippen molar-refractivity contribution in [3.63, 3.8) is 0 Å². The van der Waals surface area contributed by atoms with Gasteiger partial charge in [0.05, 0.1) is 16.7 Å². The normalized spacial score (nSPS) is 17.7. The minimum atomic E-state index is -0.967. The number of hydrogen-bond acceptors (Lipinski definition) is 5. The Balaban J connectivity index is 1.99. The van der Waals surface area contributed by atoms with Crippen molar-refractivity contribution >= 4 is 11.6 Å². The summed E-state index contributed by atoms with van der Waals surface area (Å²) in [6.07, 6.45) is 2.19. The predicted molar refractivity (Wildman–Crippen MR) is 69.4 cm³/mol. The Morgan fingerprint density at radius 1 is 1.60 bits per heavy atom. The van der Waals surface area contributed by atoms with Crippen LogP contribution in [0.3, 0.4) is 0 Å². The highest BCUT2D eigenvalue weighted by atomic mass is 16.6. The van der Waals surface area contributed by atoms with Crippen molar-refractivity contribution in [1.29, 1.82) is 0 Å². The molecule has 1 amide bonds. The molecule has 110 valence electrons. The lowest BCUT2D eigenvalue weighted by Gasteiger charge is -2.32. The summed E-state index contributed by atoms with van der Waals surface area (Å²) in [5, 5.41) is 23.5. The lowest BCUT2D eigenvalue weighted by atomic mass is 9.94. The highest BCUT2D eigenvalue weighted by Gasteiger charge is 2.30. The number of amides is 1. The number of hydrogen-bond donors (Lipinski definition) is 2. The van der Waals surface area contributed by atoms with E-state index in [2.05, 4.69) is 5.32 Å². The van der Waals surface area contributed by atoms with Crippen LogP contribution >= 0.6 is 0 Å². The summed E-state index contributed by atoms with van der Waals surface area (Å²) in [6.45, 7) is 1.03. The van der Waals surface area contributed by atoms with Gasteiger partial charge in [-0.05, 0) is 0 Å². The quantitative estimate of drug-likeness (QED) is 0.606. The molecule has 2 rings (SSSR count). The van der Waals surface area contributed by atoms with Gasteiger partial charge in [0.1, 0.15) is 5.69 Å². The molecular formula is C12H17N3O5. The fraction of sp³-hybridized carbons (Fsp3) is 0.583. The van der Waals surface area contributed by atoms with Gasteiger partial charge >= 0.3 is 0 Å². The van der Waals surface area contributed by atoms with Crippen LogP contribution in [0.2, 0.25) is 0 Å². The van der Waals surface area contributed by atoms with Gasteiger partial charge in [0.25, 0.3) is 11.6 Å². The van der Waals surface area contributed by atoms with E-state index in [1.54, 1.807) is 7.05 Å². The molecule has 8 heteroatoms. The third-order valence-corrected chi connectivity index (χ3v) is 3.44. The Morgan fingerprint density at radius 3 is 2.80 bits per heavy atom. The van der Waals surface area contributed by atoms with Crippen molar-refractivity contribution in [1.82, 2.24) is 9.88 Å². The van der Waals surface area contributed by atoms with Crippen molar-refractivity contribution in [3.8, 4) is 0 Å². The highest BCUT2D eigenvalue weighted by Crippen LogP contribution is 2.20. The van der Waals surface area contributed by atoms with E-state index in [1.807, 2.05) is 0 Å². The van der Waals surface area contributed by atoms with E-state index in [0.717, 1.165) is 0 Å². The number of ether oxygens (including phenoxy) is 1. The smallest absolute Gasteiger partial charge is 0.287 e. The number of aromatic nitrogens is 1. The third-order valence-electron chi connectivity index (χ3n) is 3.44. The summed E-state index contributed by atoms with van der Waals surface area (Å²) in [5.74, 6) is -0.444. The van der Waals surface area contributed by atoms with Crippen molar-refractivity contribution in [3.05, 3.63) is 28.1 Å². The Morgan fingerprint density at radius 2 is 2.25 bits per heavy atom. The molecule has 20 heavy (non-hydrogen) atoms. The number of nitrogens with one attached hydrogen (secondary N) is 1. The van der Waals surface area contributed by atoms with E-state index in [1.165, 1.54) is 16.8 Å². The van der Waals surface area contributed by atoms with Gasteiger partial charge in [0.15, 0.2) is 0 Å². The van der Waals surface area contributed by atoms with Gasteiger partial charge < -0.3 is 19.7 Å². The second-order valence-corrected chi connectivity index (χ2v) is 4.97. The third kappa shape index (κ3) is 3.14. The van der Waals surface area contributed by atoms with Crippen LogP contribution in [-0.4, -0.2) is 45.9 Å². The van der Waals surface area contributed by atoms with E-state index < -0.39 is 16.4 Å². The number of carbonyl (C=O) groups is 1. The molecule has 8 nitrogen and oxygen atoms in total. The summed E-state index contributed by atoms with van der Waals surface area (Å²) >= 11 is 0. The lowest BCUT2D eigenvalue weighted by molar-refractivity contribution is -0.384. The summed E-state index contributed by atoms with van der Waals surface area (Å²) in [6, 6.07) is 1.21. The first-order valence-corrected chi connectivity index (χ1v) is 6.30. The molecule has 1 aromatic heterocycles. The molecule has 0 saturated carbocycles. The SMILES string of the molecule is Cn1cc([N+](=O)[O-])cc1C(=O)NCC1(O)CCOCC1. The molecular weight excluding hydrogens is 266 g/mol. The standard InChI is InChI=1S/C12H17N3O5/c1-14-7-9(15(18)19)6-10(14)11(16)13-8-12(17)2-4-20-5-3-12/h6-7,17H,2-5,8H2,1H3,(H,13,16). The van der Waals surface area contributed by atoms with Gasteiger partial charge in [-0.3, -0.25) is 14.9 Å². The Kier molecular flexibility index (Phi) is 4.05. The number of nitrogens with zero attached hydrogens (tertiary/aromatic N) is 2. The van der Waals surface area contributed by atoms with Crippen LogP contribution in [0.4, 0.5) is 5.69 Å². The Hall–Kier alpha value is -1.93. The van der Waals surface area contributed by atoms with Crippen LogP contribution in [0.15, 0.2) is 12.3 Å². The summed E-state index contributed by atoms with van der Waals surface area (Å²) in [5.41, 5.74) is -0.917. The first-order valence-electron chi connectivity index (χ1n) is 6.30. The fourth-order valence-electron chi connectivity index (χ4n) is 2.14. The molecule has 2 N–H and O–H groups in total. The molecule has 0 radical (unpaired) electrons. The van der Waals surface area contributed by atoms with Gasteiger partial charge in [-0.25, -0.2) is 0 Å². The van der Waals surface area contributed by atoms with Crippen LogP contribution in [0.1, 0.15) is 23.3 Å². The zero-order chi connectivity index (χ0) is 14.8. The van der Waals surface area contributed by atoms with Gasteiger partial charge in [0, 0.05) is 45.7 Å². The minimum Gasteiger partial charge on any atom is -0.388 e. The van der Waals surface area contributed by atoms with E-state index in [4.69, 9.17) is 4.74 Å². The average Bonchev–Trinajstić information content (AvgIpc) is 2.79. The summed E-state index contributed by atoms with van der Waals surface area (Å²) in [4.78, 5) is 22.1. The first kappa shape index (κ1) is 14.5. The topological polar surface area (TPSA) is 107 Å². The van der Waals surface area contributed by atoms with Gasteiger partial charge in [-0.1, -0.05) is 0 Å². The molecule has 1 saturated heterocycles. The Bertz CT molecular complexity index is 519. The zero-order valence-electron chi connectivity index (χ0n) is 11.2. The number of aliphatic hydroxyl groups is 1. The molecule has 0 atom stereocenters. The number of carbonyl (C=O) groups excluding carboxylic acids is 1. The maximum Gasteiger partial charge on any atom is 0.287 e. The van der Waals surface area contributed by atoms with Crippen molar-refractivity contribution in [2.24, 2.45) is 7.05 Å². The number of rotatable bonds is 4. The number of aryl methyl sites for hydroxylation is 1. The average molecular weight is 283 g/mol. The second kappa shape index (κ2) is 5.59. The molecule has 1 aliphatic rings. The summed E-state index contributed by atoms with van der Waals surface area (Å²) in [7, 11) is 1.56. The molecule has 1 aliphatic heterocycles. The van der Waals surface area contributed by atoms with Crippen molar-refractivity contribution in [2.45, 2.75) is 18.4 Å². The lowest BCUT2D eigenvalue weighted by Crippen LogP contribution is -2.46. The monoisotopic (exact) mass is 283 g/mol. The maximum absolute atomic E-state index is 12.0. The molecule has 0 unspecified atom stereocenters. The zero-order valence-corrected chi connectivity index (χ0v) is 11.2. The molecule has 1 fully saturated rings. The molecule has 0 bridgehead atoms. The Labute approximate surface area is 115 Å². The van der Waals surface area contributed by atoms with Crippen molar-refractivity contribution < 1.29 is 19.6 Å². The van der Waals surface area contributed by atoms with Crippen LogP contribution in [-0.2, 0) is 11.8 Å². The molecule has 0 aliphatic carbocycles. The maximum atomic E-state index is 12.0. The summed E-state index contributed by atoms with van der Waals surface area (Å²) < 4.78 is 6.54. The molecule has 1 aromatic rings. The van der Waals surface area contributed by atoms with E-state index in [0.29, 0.717) is 26.1 Å². The van der Waals surface area contributed by atoms with Gasteiger partial charge in [0.2, 0.25) is 0 Å². The molecule has 0 aromatic carbocycles.